The summed E-state index contributed by atoms with van der Waals surface area (Å²) in [5.74, 6) is 7.87. The number of nitrogen functional groups attached to an aromatic ring is 1. The SMILES string of the molecule is CCc1cc(NN)nc(C2COc3ccccc32)n1. The Kier molecular flexibility index (Phi) is 3.05. The molecular weight excluding hydrogens is 240 g/mol. The summed E-state index contributed by atoms with van der Waals surface area (Å²) in [7, 11) is 0. The quantitative estimate of drug-likeness (QED) is 0.647. The molecule has 0 saturated carbocycles. The van der Waals surface area contributed by atoms with E-state index in [2.05, 4.69) is 28.4 Å². The molecule has 5 heteroatoms. The smallest absolute Gasteiger partial charge is 0.143 e. The minimum Gasteiger partial charge on any atom is -0.492 e. The van der Waals surface area contributed by atoms with Crippen LogP contribution in [0.3, 0.4) is 0 Å². The van der Waals surface area contributed by atoms with Gasteiger partial charge in [-0.3, -0.25) is 0 Å². The normalized spacial score (nSPS) is 16.8. The largest absolute Gasteiger partial charge is 0.492 e. The Morgan fingerprint density at radius 2 is 2.21 bits per heavy atom. The van der Waals surface area contributed by atoms with Crippen LogP contribution in [0.5, 0.6) is 5.75 Å². The van der Waals surface area contributed by atoms with E-state index in [1.165, 1.54) is 0 Å². The van der Waals surface area contributed by atoms with Gasteiger partial charge in [-0.1, -0.05) is 25.1 Å². The lowest BCUT2D eigenvalue weighted by atomic mass is 10.0. The summed E-state index contributed by atoms with van der Waals surface area (Å²) < 4.78 is 5.68. The van der Waals surface area contributed by atoms with Crippen molar-refractivity contribution < 1.29 is 4.74 Å². The van der Waals surface area contributed by atoms with Gasteiger partial charge in [0.15, 0.2) is 0 Å². The molecule has 1 atom stereocenters. The number of rotatable bonds is 3. The van der Waals surface area contributed by atoms with Crippen LogP contribution < -0.4 is 16.0 Å². The molecule has 1 unspecified atom stereocenters. The molecular formula is C14H16N4O. The topological polar surface area (TPSA) is 73.1 Å². The van der Waals surface area contributed by atoms with E-state index in [1.807, 2.05) is 24.3 Å². The van der Waals surface area contributed by atoms with E-state index in [4.69, 9.17) is 10.6 Å². The average molecular weight is 256 g/mol. The number of nitrogens with two attached hydrogens (primary N) is 1. The highest BCUT2D eigenvalue weighted by Gasteiger charge is 2.28. The van der Waals surface area contributed by atoms with Crippen LogP contribution in [0.25, 0.3) is 0 Å². The fourth-order valence-electron chi connectivity index (χ4n) is 2.31. The molecule has 2 heterocycles. The predicted octanol–water partition coefficient (Wildman–Crippen LogP) is 1.85. The number of hydrogen-bond acceptors (Lipinski definition) is 5. The lowest BCUT2D eigenvalue weighted by Crippen LogP contribution is -2.14. The number of nitrogens with zero attached hydrogens (tertiary/aromatic N) is 2. The van der Waals surface area contributed by atoms with E-state index in [0.29, 0.717) is 12.4 Å². The maximum atomic E-state index is 5.68. The van der Waals surface area contributed by atoms with Crippen molar-refractivity contribution >= 4 is 5.82 Å². The van der Waals surface area contributed by atoms with Crippen LogP contribution in [0.4, 0.5) is 5.82 Å². The Morgan fingerprint density at radius 1 is 1.37 bits per heavy atom. The number of hydrazine groups is 1. The van der Waals surface area contributed by atoms with Gasteiger partial charge >= 0.3 is 0 Å². The van der Waals surface area contributed by atoms with Gasteiger partial charge < -0.3 is 10.2 Å². The Balaban J connectivity index is 2.04. The summed E-state index contributed by atoms with van der Waals surface area (Å²) in [4.78, 5) is 9.05. The van der Waals surface area contributed by atoms with E-state index in [1.54, 1.807) is 0 Å². The van der Waals surface area contributed by atoms with Crippen LogP contribution in [0.15, 0.2) is 30.3 Å². The van der Waals surface area contributed by atoms with Gasteiger partial charge in [-0.2, -0.15) is 0 Å². The van der Waals surface area contributed by atoms with Crippen molar-refractivity contribution in [2.75, 3.05) is 12.0 Å². The number of benzene rings is 1. The molecule has 5 nitrogen and oxygen atoms in total. The number of ether oxygens (including phenoxy) is 1. The Labute approximate surface area is 111 Å². The first-order valence-corrected chi connectivity index (χ1v) is 6.38. The highest BCUT2D eigenvalue weighted by Crippen LogP contribution is 2.36. The van der Waals surface area contributed by atoms with Gasteiger partial charge in [0.2, 0.25) is 0 Å². The maximum absolute atomic E-state index is 5.68. The molecule has 98 valence electrons. The summed E-state index contributed by atoms with van der Waals surface area (Å²) in [6.45, 7) is 2.64. The summed E-state index contributed by atoms with van der Waals surface area (Å²) in [5.41, 5.74) is 4.71. The van der Waals surface area contributed by atoms with Crippen molar-refractivity contribution in [1.29, 1.82) is 0 Å². The second-order valence-electron chi connectivity index (χ2n) is 4.50. The van der Waals surface area contributed by atoms with Crippen LogP contribution in [0, 0.1) is 0 Å². The fraction of sp³-hybridized carbons (Fsp3) is 0.286. The molecule has 0 fully saturated rings. The number of aromatic nitrogens is 2. The molecule has 0 amide bonds. The van der Waals surface area contributed by atoms with Crippen molar-refractivity contribution in [1.82, 2.24) is 9.97 Å². The molecule has 0 bridgehead atoms. The molecule has 19 heavy (non-hydrogen) atoms. The Morgan fingerprint density at radius 3 is 3.00 bits per heavy atom. The average Bonchev–Trinajstić information content (AvgIpc) is 2.90. The van der Waals surface area contributed by atoms with Gasteiger partial charge in [-0.15, -0.1) is 0 Å². The molecule has 1 aliphatic heterocycles. The number of anilines is 1. The van der Waals surface area contributed by atoms with Gasteiger partial charge in [-0.05, 0) is 12.5 Å². The number of para-hydroxylation sites is 1. The van der Waals surface area contributed by atoms with Gasteiger partial charge in [0, 0.05) is 17.3 Å². The van der Waals surface area contributed by atoms with Crippen molar-refractivity contribution in [2.45, 2.75) is 19.3 Å². The first-order valence-electron chi connectivity index (χ1n) is 6.38. The molecule has 3 N–H and O–H groups in total. The van der Waals surface area contributed by atoms with Crippen LogP contribution in [0.1, 0.15) is 29.9 Å². The zero-order chi connectivity index (χ0) is 13.2. The van der Waals surface area contributed by atoms with Crippen molar-refractivity contribution in [2.24, 2.45) is 5.84 Å². The third kappa shape index (κ3) is 2.13. The third-order valence-corrected chi connectivity index (χ3v) is 3.32. The van der Waals surface area contributed by atoms with E-state index >= 15 is 0 Å². The maximum Gasteiger partial charge on any atom is 0.143 e. The molecule has 1 aliphatic rings. The minimum atomic E-state index is 0.0785. The van der Waals surface area contributed by atoms with Crippen LogP contribution in [-0.2, 0) is 6.42 Å². The number of hydrogen-bond donors (Lipinski definition) is 2. The summed E-state index contributed by atoms with van der Waals surface area (Å²) >= 11 is 0. The van der Waals surface area contributed by atoms with Gasteiger partial charge in [-0.25, -0.2) is 15.8 Å². The van der Waals surface area contributed by atoms with Gasteiger partial charge in [0.05, 0.1) is 5.92 Å². The highest BCUT2D eigenvalue weighted by atomic mass is 16.5. The van der Waals surface area contributed by atoms with E-state index in [9.17, 15) is 0 Å². The minimum absolute atomic E-state index is 0.0785. The number of fused-ring (bicyclic) bond motifs is 1. The molecule has 0 radical (unpaired) electrons. The molecule has 0 spiro atoms. The first-order chi connectivity index (χ1) is 9.31. The number of aryl methyl sites for hydroxylation is 1. The van der Waals surface area contributed by atoms with Crippen molar-refractivity contribution in [3.8, 4) is 5.75 Å². The lowest BCUT2D eigenvalue weighted by Gasteiger charge is -2.11. The highest BCUT2D eigenvalue weighted by molar-refractivity contribution is 5.44. The number of nitrogens with one attached hydrogen (secondary N) is 1. The zero-order valence-electron chi connectivity index (χ0n) is 10.8. The molecule has 0 aliphatic carbocycles. The molecule has 1 aromatic carbocycles. The predicted molar refractivity (Wildman–Crippen MR) is 73.0 cm³/mol. The summed E-state index contributed by atoms with van der Waals surface area (Å²) in [6, 6.07) is 9.88. The van der Waals surface area contributed by atoms with E-state index < -0.39 is 0 Å². The first kappa shape index (κ1) is 11.9. The van der Waals surface area contributed by atoms with Gasteiger partial charge in [0.1, 0.15) is 24.0 Å². The summed E-state index contributed by atoms with van der Waals surface area (Å²) in [5, 5.41) is 0. The molecule has 3 rings (SSSR count). The summed E-state index contributed by atoms with van der Waals surface area (Å²) in [6.07, 6.45) is 0.847. The van der Waals surface area contributed by atoms with Crippen LogP contribution in [-0.4, -0.2) is 16.6 Å². The molecule has 0 saturated heterocycles. The fourth-order valence-corrected chi connectivity index (χ4v) is 2.31. The van der Waals surface area contributed by atoms with E-state index in [-0.39, 0.29) is 5.92 Å². The van der Waals surface area contributed by atoms with Crippen LogP contribution >= 0.6 is 0 Å². The monoisotopic (exact) mass is 256 g/mol. The van der Waals surface area contributed by atoms with Crippen LogP contribution in [0.2, 0.25) is 0 Å². The third-order valence-electron chi connectivity index (χ3n) is 3.32. The van der Waals surface area contributed by atoms with Crippen molar-refractivity contribution in [3.63, 3.8) is 0 Å². The standard InChI is InChI=1S/C14H16N4O/c1-2-9-7-13(18-15)17-14(16-9)11-8-19-12-6-4-3-5-10(11)12/h3-7,11H,2,8,15H2,1H3,(H,16,17,18). The Hall–Kier alpha value is -2.14. The second-order valence-corrected chi connectivity index (χ2v) is 4.50. The zero-order valence-corrected chi connectivity index (χ0v) is 10.8. The molecule has 2 aromatic rings. The second kappa shape index (κ2) is 4.85. The Bertz CT molecular complexity index is 577. The van der Waals surface area contributed by atoms with Crippen molar-refractivity contribution in [3.05, 3.63) is 47.4 Å². The molecule has 1 aromatic heterocycles. The lowest BCUT2D eigenvalue weighted by molar-refractivity contribution is 0.339. The van der Waals surface area contributed by atoms with E-state index in [0.717, 1.165) is 29.3 Å². The van der Waals surface area contributed by atoms with Gasteiger partial charge in [0.25, 0.3) is 0 Å².